The van der Waals surface area contributed by atoms with Crippen LogP contribution in [0.25, 0.3) is 5.57 Å². The van der Waals surface area contributed by atoms with E-state index in [2.05, 4.69) is 22.8 Å². The van der Waals surface area contributed by atoms with Gasteiger partial charge in [-0.25, -0.2) is 4.90 Å². The van der Waals surface area contributed by atoms with Crippen molar-refractivity contribution in [2.24, 2.45) is 0 Å². The van der Waals surface area contributed by atoms with Crippen LogP contribution in [0.4, 0.5) is 5.69 Å². The maximum atomic E-state index is 13.7. The minimum absolute atomic E-state index is 0.266. The van der Waals surface area contributed by atoms with Gasteiger partial charge in [-0.05, 0) is 43.7 Å². The summed E-state index contributed by atoms with van der Waals surface area (Å²) < 4.78 is 5.32. The van der Waals surface area contributed by atoms with Crippen LogP contribution in [0.3, 0.4) is 0 Å². The summed E-state index contributed by atoms with van der Waals surface area (Å²) in [5, 5.41) is 0. The van der Waals surface area contributed by atoms with Gasteiger partial charge in [-0.15, -0.1) is 0 Å². The third-order valence-corrected chi connectivity index (χ3v) is 6.16. The van der Waals surface area contributed by atoms with Gasteiger partial charge in [0.2, 0.25) is 0 Å². The van der Waals surface area contributed by atoms with Crippen molar-refractivity contribution in [1.82, 2.24) is 9.80 Å². The van der Waals surface area contributed by atoms with Gasteiger partial charge in [0.15, 0.2) is 0 Å². The number of aryl methyl sites for hydroxylation is 2. The first-order valence-electron chi connectivity index (χ1n) is 10.8. The summed E-state index contributed by atoms with van der Waals surface area (Å²) in [6.45, 7) is 10.4. The molecule has 0 spiro atoms. The van der Waals surface area contributed by atoms with E-state index in [9.17, 15) is 9.59 Å². The number of hydrogen-bond acceptors (Lipinski definition) is 5. The molecule has 4 rings (SSSR count). The van der Waals surface area contributed by atoms with Crippen LogP contribution in [0.2, 0.25) is 0 Å². The number of anilines is 1. The molecule has 2 heterocycles. The van der Waals surface area contributed by atoms with Crippen LogP contribution in [0.15, 0.2) is 48.2 Å². The SMILES string of the molecule is CCN1CCN(C2=C(c3ccc(C)cc3C)C(=O)N(c3cccc(OC)c3)C2=O)CC1. The molecule has 0 N–H and O–H groups in total. The van der Waals surface area contributed by atoms with Crippen LogP contribution in [0.5, 0.6) is 5.75 Å². The lowest BCUT2D eigenvalue weighted by atomic mass is 9.97. The van der Waals surface area contributed by atoms with Gasteiger partial charge in [0.05, 0.1) is 18.4 Å². The standard InChI is InChI=1S/C25H29N3O3/c1-5-26-11-13-27(14-12-26)23-22(21-10-9-17(2)15-18(21)3)24(29)28(25(23)30)19-7-6-8-20(16-19)31-4/h6-10,15-16H,5,11-14H2,1-4H3. The molecule has 0 radical (unpaired) electrons. The topological polar surface area (TPSA) is 53.1 Å². The van der Waals surface area contributed by atoms with Crippen LogP contribution < -0.4 is 9.64 Å². The molecular formula is C25H29N3O3. The lowest BCUT2D eigenvalue weighted by Crippen LogP contribution is -2.47. The molecule has 0 aliphatic carbocycles. The van der Waals surface area contributed by atoms with E-state index < -0.39 is 0 Å². The van der Waals surface area contributed by atoms with Gasteiger partial charge >= 0.3 is 0 Å². The molecule has 0 unspecified atom stereocenters. The Morgan fingerprint density at radius 1 is 0.935 bits per heavy atom. The normalized spacial score (nSPS) is 17.7. The molecule has 0 saturated carbocycles. The molecule has 0 atom stereocenters. The van der Waals surface area contributed by atoms with Gasteiger partial charge in [0, 0.05) is 32.2 Å². The number of methoxy groups -OCH3 is 1. The molecule has 0 bridgehead atoms. The zero-order valence-corrected chi connectivity index (χ0v) is 18.6. The van der Waals surface area contributed by atoms with Crippen molar-refractivity contribution in [2.75, 3.05) is 44.7 Å². The van der Waals surface area contributed by atoms with Crippen molar-refractivity contribution in [3.05, 3.63) is 64.9 Å². The fourth-order valence-electron chi connectivity index (χ4n) is 4.42. The van der Waals surface area contributed by atoms with Gasteiger partial charge in [0.1, 0.15) is 11.4 Å². The number of ether oxygens (including phenoxy) is 1. The predicted molar refractivity (Wildman–Crippen MR) is 122 cm³/mol. The maximum absolute atomic E-state index is 13.7. The Morgan fingerprint density at radius 2 is 1.68 bits per heavy atom. The number of imide groups is 1. The molecule has 0 aromatic heterocycles. The summed E-state index contributed by atoms with van der Waals surface area (Å²) in [5.41, 5.74) is 4.47. The van der Waals surface area contributed by atoms with Crippen molar-refractivity contribution in [3.63, 3.8) is 0 Å². The van der Waals surface area contributed by atoms with Gasteiger partial charge in [-0.1, -0.05) is 36.8 Å². The fourth-order valence-corrected chi connectivity index (χ4v) is 4.42. The van der Waals surface area contributed by atoms with Crippen LogP contribution >= 0.6 is 0 Å². The highest BCUT2D eigenvalue weighted by molar-refractivity contribution is 6.45. The summed E-state index contributed by atoms with van der Waals surface area (Å²) >= 11 is 0. The number of hydrogen-bond donors (Lipinski definition) is 0. The Balaban J connectivity index is 1.81. The molecule has 2 aromatic rings. The van der Waals surface area contributed by atoms with Crippen LogP contribution in [-0.4, -0.2) is 61.4 Å². The monoisotopic (exact) mass is 419 g/mol. The van der Waals surface area contributed by atoms with Gasteiger partial charge < -0.3 is 14.5 Å². The second-order valence-electron chi connectivity index (χ2n) is 8.11. The van der Waals surface area contributed by atoms with Crippen molar-refractivity contribution < 1.29 is 14.3 Å². The summed E-state index contributed by atoms with van der Waals surface area (Å²) in [5.74, 6) is 0.0625. The summed E-state index contributed by atoms with van der Waals surface area (Å²) in [6.07, 6.45) is 0. The molecular weight excluding hydrogens is 390 g/mol. The first-order chi connectivity index (χ1) is 14.9. The zero-order chi connectivity index (χ0) is 22.1. The fraction of sp³-hybridized carbons (Fsp3) is 0.360. The van der Waals surface area contributed by atoms with E-state index in [1.54, 1.807) is 31.4 Å². The molecule has 6 heteroatoms. The van der Waals surface area contributed by atoms with Crippen molar-refractivity contribution in [3.8, 4) is 5.75 Å². The first kappa shape index (κ1) is 21.1. The lowest BCUT2D eigenvalue weighted by Gasteiger charge is -2.36. The van der Waals surface area contributed by atoms with Crippen LogP contribution in [-0.2, 0) is 9.59 Å². The van der Waals surface area contributed by atoms with Crippen molar-refractivity contribution >= 4 is 23.1 Å². The average molecular weight is 420 g/mol. The third-order valence-electron chi connectivity index (χ3n) is 6.16. The molecule has 1 saturated heterocycles. The predicted octanol–water partition coefficient (Wildman–Crippen LogP) is 3.23. The Hall–Kier alpha value is -3.12. The van der Waals surface area contributed by atoms with E-state index in [1.807, 2.05) is 26.0 Å². The van der Waals surface area contributed by atoms with E-state index in [0.717, 1.165) is 49.4 Å². The highest BCUT2D eigenvalue weighted by Gasteiger charge is 2.43. The highest BCUT2D eigenvalue weighted by atomic mass is 16.5. The number of nitrogens with zero attached hydrogens (tertiary/aromatic N) is 3. The second kappa shape index (κ2) is 8.55. The molecule has 162 valence electrons. The largest absolute Gasteiger partial charge is 0.497 e. The molecule has 31 heavy (non-hydrogen) atoms. The van der Waals surface area contributed by atoms with E-state index >= 15 is 0 Å². The molecule has 2 amide bonds. The number of piperazine rings is 1. The van der Waals surface area contributed by atoms with E-state index in [4.69, 9.17) is 4.74 Å². The van der Waals surface area contributed by atoms with Gasteiger partial charge in [-0.3, -0.25) is 9.59 Å². The summed E-state index contributed by atoms with van der Waals surface area (Å²) in [4.78, 5) is 33.1. The van der Waals surface area contributed by atoms with Crippen LogP contribution in [0, 0.1) is 13.8 Å². The Kier molecular flexibility index (Phi) is 5.83. The molecule has 2 aliphatic heterocycles. The second-order valence-corrected chi connectivity index (χ2v) is 8.11. The summed E-state index contributed by atoms with van der Waals surface area (Å²) in [7, 11) is 1.57. The van der Waals surface area contributed by atoms with E-state index in [0.29, 0.717) is 22.7 Å². The van der Waals surface area contributed by atoms with Crippen molar-refractivity contribution in [2.45, 2.75) is 20.8 Å². The third kappa shape index (κ3) is 3.83. The molecule has 1 fully saturated rings. The number of carbonyl (C=O) groups is 2. The Morgan fingerprint density at radius 3 is 2.32 bits per heavy atom. The smallest absolute Gasteiger partial charge is 0.282 e. The van der Waals surface area contributed by atoms with Gasteiger partial charge in [0.25, 0.3) is 11.8 Å². The highest BCUT2D eigenvalue weighted by Crippen LogP contribution is 2.37. The quantitative estimate of drug-likeness (QED) is 0.697. The lowest BCUT2D eigenvalue weighted by molar-refractivity contribution is -0.120. The number of benzene rings is 2. The molecule has 6 nitrogen and oxygen atoms in total. The first-order valence-corrected chi connectivity index (χ1v) is 10.8. The number of carbonyl (C=O) groups excluding carboxylic acids is 2. The van der Waals surface area contributed by atoms with Crippen LogP contribution in [0.1, 0.15) is 23.6 Å². The number of amides is 2. The minimum Gasteiger partial charge on any atom is -0.497 e. The number of rotatable bonds is 5. The zero-order valence-electron chi connectivity index (χ0n) is 18.6. The average Bonchev–Trinajstić information content (AvgIpc) is 3.03. The van der Waals surface area contributed by atoms with E-state index in [-0.39, 0.29) is 11.8 Å². The Bertz CT molecular complexity index is 1050. The number of likely N-dealkylation sites (N-methyl/N-ethyl adjacent to an activating group) is 1. The Labute approximate surface area is 183 Å². The summed E-state index contributed by atoms with van der Waals surface area (Å²) in [6, 6.07) is 13.1. The molecule has 2 aliphatic rings. The maximum Gasteiger partial charge on any atom is 0.282 e. The van der Waals surface area contributed by atoms with Crippen molar-refractivity contribution in [1.29, 1.82) is 0 Å². The van der Waals surface area contributed by atoms with E-state index in [1.165, 1.54) is 4.90 Å². The molecule has 2 aromatic carbocycles. The van der Waals surface area contributed by atoms with Gasteiger partial charge in [-0.2, -0.15) is 0 Å². The minimum atomic E-state index is -0.280.